The van der Waals surface area contributed by atoms with Gasteiger partial charge in [-0.2, -0.15) is 0 Å². The minimum Gasteiger partial charge on any atom is -0.341 e. The molecular weight excluding hydrogens is 346 g/mol. The summed E-state index contributed by atoms with van der Waals surface area (Å²) in [7, 11) is 0. The number of aromatic nitrogens is 2. The maximum atomic E-state index is 13.3. The minimum atomic E-state index is -0.500. The maximum Gasteiger partial charge on any atom is 0.270 e. The molecule has 0 bridgehead atoms. The van der Waals surface area contributed by atoms with Gasteiger partial charge in [0.1, 0.15) is 0 Å². The Hall–Kier alpha value is -3.26. The van der Waals surface area contributed by atoms with Crippen molar-refractivity contribution in [2.45, 2.75) is 6.42 Å². The average molecular weight is 365 g/mol. The lowest BCUT2D eigenvalue weighted by molar-refractivity contribution is -0.384. The second kappa shape index (κ2) is 7.16. The van der Waals surface area contributed by atoms with E-state index in [4.69, 9.17) is 4.98 Å². The molecule has 4 rings (SSSR count). The van der Waals surface area contributed by atoms with Gasteiger partial charge in [-0.1, -0.05) is 18.2 Å². The van der Waals surface area contributed by atoms with Gasteiger partial charge in [0.15, 0.2) is 0 Å². The number of nitrogens with one attached hydrogen (secondary N) is 1. The summed E-state index contributed by atoms with van der Waals surface area (Å²) in [6, 6.07) is 13.5. The van der Waals surface area contributed by atoms with Gasteiger partial charge in [-0.25, -0.2) is 9.55 Å². The molecule has 0 radical (unpaired) electrons. The van der Waals surface area contributed by atoms with Gasteiger partial charge in [-0.3, -0.25) is 14.9 Å². The Morgan fingerprint density at radius 1 is 1.07 bits per heavy atom. The van der Waals surface area contributed by atoms with E-state index in [1.807, 2.05) is 30.3 Å². The van der Waals surface area contributed by atoms with Crippen LogP contribution in [-0.4, -0.2) is 40.7 Å². The molecule has 0 amide bonds. The number of hydrogen-bond acceptors (Lipinski definition) is 6. The van der Waals surface area contributed by atoms with Crippen LogP contribution in [0.15, 0.2) is 53.3 Å². The van der Waals surface area contributed by atoms with Crippen LogP contribution < -0.4 is 15.8 Å². The number of para-hydroxylation sites is 1. The molecule has 0 saturated carbocycles. The monoisotopic (exact) mass is 365 g/mol. The maximum absolute atomic E-state index is 13.3. The van der Waals surface area contributed by atoms with Crippen LogP contribution in [0.5, 0.6) is 0 Å². The Balaban J connectivity index is 1.99. The highest BCUT2D eigenvalue weighted by atomic mass is 16.6. The van der Waals surface area contributed by atoms with Crippen LogP contribution in [0.2, 0.25) is 0 Å². The summed E-state index contributed by atoms with van der Waals surface area (Å²) >= 11 is 0. The van der Waals surface area contributed by atoms with Crippen molar-refractivity contribution in [2.24, 2.45) is 0 Å². The first-order chi connectivity index (χ1) is 13.1. The molecule has 138 valence electrons. The van der Waals surface area contributed by atoms with Gasteiger partial charge in [0, 0.05) is 31.8 Å². The molecule has 2 heterocycles. The molecule has 8 nitrogen and oxygen atoms in total. The predicted octanol–water partition coefficient (Wildman–Crippen LogP) is 2.09. The molecule has 8 heteroatoms. The van der Waals surface area contributed by atoms with Crippen molar-refractivity contribution in [3.8, 4) is 5.69 Å². The van der Waals surface area contributed by atoms with E-state index in [-0.39, 0.29) is 16.6 Å². The average Bonchev–Trinajstić information content (AvgIpc) is 2.97. The summed E-state index contributed by atoms with van der Waals surface area (Å²) in [6.45, 7) is 3.25. The van der Waals surface area contributed by atoms with Crippen molar-refractivity contribution in [3.05, 3.63) is 69.0 Å². The Morgan fingerprint density at radius 2 is 1.89 bits per heavy atom. The summed E-state index contributed by atoms with van der Waals surface area (Å²) < 4.78 is 1.55. The molecular formula is C19H19N5O3. The number of anilines is 1. The van der Waals surface area contributed by atoms with Crippen molar-refractivity contribution >= 4 is 22.5 Å². The molecule has 1 aliphatic rings. The third kappa shape index (κ3) is 3.26. The Bertz CT molecular complexity index is 1040. The van der Waals surface area contributed by atoms with Crippen molar-refractivity contribution in [3.63, 3.8) is 0 Å². The van der Waals surface area contributed by atoms with Gasteiger partial charge in [0.25, 0.3) is 11.2 Å². The normalized spacial score (nSPS) is 14.9. The van der Waals surface area contributed by atoms with Gasteiger partial charge in [-0.15, -0.1) is 0 Å². The van der Waals surface area contributed by atoms with Crippen LogP contribution in [0.1, 0.15) is 6.42 Å². The molecule has 0 aliphatic carbocycles. The fraction of sp³-hybridized carbons (Fsp3) is 0.263. The summed E-state index contributed by atoms with van der Waals surface area (Å²) in [5, 5.41) is 14.7. The zero-order valence-corrected chi connectivity index (χ0v) is 14.7. The van der Waals surface area contributed by atoms with Gasteiger partial charge < -0.3 is 10.2 Å². The number of nitro benzene ring substituents is 1. The molecule has 1 N–H and O–H groups in total. The Labute approximate surface area is 155 Å². The van der Waals surface area contributed by atoms with Gasteiger partial charge in [0.05, 0.1) is 21.5 Å². The molecule has 2 aromatic carbocycles. The van der Waals surface area contributed by atoms with Crippen molar-refractivity contribution in [1.29, 1.82) is 0 Å². The van der Waals surface area contributed by atoms with Crippen LogP contribution in [0.4, 0.5) is 11.6 Å². The minimum absolute atomic E-state index is 0.118. The van der Waals surface area contributed by atoms with E-state index < -0.39 is 4.92 Å². The lowest BCUT2D eigenvalue weighted by Gasteiger charge is -2.25. The number of hydrogen-bond donors (Lipinski definition) is 1. The number of nitro groups is 1. The van der Waals surface area contributed by atoms with Crippen LogP contribution in [0.3, 0.4) is 0 Å². The van der Waals surface area contributed by atoms with Crippen LogP contribution in [0.25, 0.3) is 16.6 Å². The molecule has 0 unspecified atom stereocenters. The topological polar surface area (TPSA) is 93.3 Å². The fourth-order valence-electron chi connectivity index (χ4n) is 3.34. The van der Waals surface area contributed by atoms with Crippen molar-refractivity contribution < 1.29 is 4.92 Å². The highest BCUT2D eigenvalue weighted by Crippen LogP contribution is 2.23. The zero-order chi connectivity index (χ0) is 18.8. The van der Waals surface area contributed by atoms with E-state index in [9.17, 15) is 14.9 Å². The predicted molar refractivity (Wildman–Crippen MR) is 104 cm³/mol. The Kier molecular flexibility index (Phi) is 4.55. The first-order valence-corrected chi connectivity index (χ1v) is 8.87. The first-order valence-electron chi connectivity index (χ1n) is 8.87. The summed E-state index contributed by atoms with van der Waals surface area (Å²) in [5.74, 6) is 0.566. The molecule has 27 heavy (non-hydrogen) atoms. The van der Waals surface area contributed by atoms with E-state index in [2.05, 4.69) is 10.2 Å². The molecule has 3 aromatic rings. The third-order valence-corrected chi connectivity index (χ3v) is 4.68. The molecule has 1 saturated heterocycles. The van der Waals surface area contributed by atoms with E-state index >= 15 is 0 Å². The molecule has 0 atom stereocenters. The largest absolute Gasteiger partial charge is 0.341 e. The summed E-state index contributed by atoms with van der Waals surface area (Å²) in [5.41, 5.74) is 0.732. The summed E-state index contributed by atoms with van der Waals surface area (Å²) in [6.07, 6.45) is 0.947. The first kappa shape index (κ1) is 17.2. The third-order valence-electron chi connectivity index (χ3n) is 4.68. The fourth-order valence-corrected chi connectivity index (χ4v) is 3.34. The number of fused-ring (bicyclic) bond motifs is 1. The molecule has 1 aliphatic heterocycles. The van der Waals surface area contributed by atoms with Gasteiger partial charge in [0.2, 0.25) is 5.95 Å². The summed E-state index contributed by atoms with van der Waals surface area (Å²) in [4.78, 5) is 30.7. The second-order valence-corrected chi connectivity index (χ2v) is 6.44. The number of non-ortho nitro benzene ring substituents is 1. The van der Waals surface area contributed by atoms with E-state index in [1.165, 1.54) is 12.1 Å². The lowest BCUT2D eigenvalue weighted by atomic mass is 10.2. The number of nitrogens with zero attached hydrogens (tertiary/aromatic N) is 4. The molecule has 1 fully saturated rings. The van der Waals surface area contributed by atoms with E-state index in [0.717, 1.165) is 32.6 Å². The van der Waals surface area contributed by atoms with Crippen LogP contribution in [-0.2, 0) is 0 Å². The zero-order valence-electron chi connectivity index (χ0n) is 14.7. The van der Waals surface area contributed by atoms with E-state index in [0.29, 0.717) is 17.2 Å². The standard InChI is InChI=1S/C19H19N5O3/c25-18-16-13-15(24(26)27)7-8-17(16)21-19(22-11-4-9-20-10-12-22)23(18)14-5-2-1-3-6-14/h1-3,5-8,13,20H,4,9-12H2. The molecule has 1 aromatic heterocycles. The van der Waals surface area contributed by atoms with Crippen LogP contribution >= 0.6 is 0 Å². The van der Waals surface area contributed by atoms with Crippen molar-refractivity contribution in [2.75, 3.05) is 31.1 Å². The second-order valence-electron chi connectivity index (χ2n) is 6.44. The SMILES string of the molecule is O=c1c2cc([N+](=O)[O-])ccc2nc(N2CCCNCC2)n1-c1ccccc1. The highest BCUT2D eigenvalue weighted by Gasteiger charge is 2.20. The smallest absolute Gasteiger partial charge is 0.270 e. The quantitative estimate of drug-likeness (QED) is 0.564. The highest BCUT2D eigenvalue weighted by molar-refractivity contribution is 5.82. The number of rotatable bonds is 3. The van der Waals surface area contributed by atoms with Crippen LogP contribution in [0, 0.1) is 10.1 Å². The number of benzene rings is 2. The van der Waals surface area contributed by atoms with Gasteiger partial charge in [-0.05, 0) is 31.2 Å². The lowest BCUT2D eigenvalue weighted by Crippen LogP contribution is -2.34. The van der Waals surface area contributed by atoms with Crippen molar-refractivity contribution in [1.82, 2.24) is 14.9 Å². The van der Waals surface area contributed by atoms with Gasteiger partial charge >= 0.3 is 0 Å². The molecule has 0 spiro atoms. The Morgan fingerprint density at radius 3 is 2.67 bits per heavy atom. The van der Waals surface area contributed by atoms with E-state index in [1.54, 1.807) is 10.6 Å².